The van der Waals surface area contributed by atoms with Crippen LogP contribution in [-0.4, -0.2) is 6.16 Å². The van der Waals surface area contributed by atoms with Gasteiger partial charge in [-0.05, 0) is 26.5 Å². The van der Waals surface area contributed by atoms with Gasteiger partial charge in [0.15, 0.2) is 0 Å². The second-order valence-electron chi connectivity index (χ2n) is 5.05. The normalized spacial score (nSPS) is 11.4. The maximum Gasteiger partial charge on any atom is -0.0193 e. The summed E-state index contributed by atoms with van der Waals surface area (Å²) in [5.41, 5.74) is 0. The second-order valence-corrected chi connectivity index (χ2v) is 6.33. The van der Waals surface area contributed by atoms with Crippen LogP contribution in [0.25, 0.3) is 0 Å². The van der Waals surface area contributed by atoms with Gasteiger partial charge in [0.05, 0.1) is 0 Å². The summed E-state index contributed by atoms with van der Waals surface area (Å²) in [6, 6.07) is 10.8. The first-order chi connectivity index (χ1) is 8.93. The molecule has 0 atom stereocenters. The van der Waals surface area contributed by atoms with Gasteiger partial charge in [-0.15, -0.1) is 0 Å². The van der Waals surface area contributed by atoms with Crippen molar-refractivity contribution in [3.8, 4) is 0 Å². The number of rotatable bonds is 11. The highest BCUT2D eigenvalue weighted by molar-refractivity contribution is 7.47. The fourth-order valence-electron chi connectivity index (χ4n) is 2.16. The highest BCUT2D eigenvalue weighted by Gasteiger charge is 1.94. The third-order valence-corrected chi connectivity index (χ3v) is 4.52. The highest BCUT2D eigenvalue weighted by Crippen LogP contribution is 2.15. The summed E-state index contributed by atoms with van der Waals surface area (Å²) in [4.78, 5) is 0. The van der Waals surface area contributed by atoms with E-state index in [1.807, 2.05) is 0 Å². The van der Waals surface area contributed by atoms with Gasteiger partial charge in [-0.3, -0.25) is 0 Å². The lowest BCUT2D eigenvalue weighted by atomic mass is 10.1. The molecule has 0 heterocycles. The van der Waals surface area contributed by atoms with Crippen molar-refractivity contribution in [1.82, 2.24) is 0 Å². The molecule has 0 bridgehead atoms. The Balaban J connectivity index is 1.82. The van der Waals surface area contributed by atoms with Crippen molar-refractivity contribution >= 4 is 13.9 Å². The van der Waals surface area contributed by atoms with E-state index in [4.69, 9.17) is 0 Å². The Bertz CT molecular complexity index is 268. The molecule has 0 fully saturated rings. The second kappa shape index (κ2) is 11.7. The van der Waals surface area contributed by atoms with E-state index in [2.05, 4.69) is 37.3 Å². The molecule has 1 aromatic carbocycles. The molecule has 1 aromatic rings. The van der Waals surface area contributed by atoms with Crippen LogP contribution in [0.3, 0.4) is 0 Å². The molecule has 0 N–H and O–H groups in total. The number of hydrogen-bond donors (Lipinski definition) is 0. The molecule has 1 radical (unpaired) electrons. The Morgan fingerprint density at radius 2 is 1.28 bits per heavy atom. The number of hydrogen-bond acceptors (Lipinski definition) is 0. The lowest BCUT2D eigenvalue weighted by Gasteiger charge is -2.02. The zero-order valence-corrected chi connectivity index (χ0v) is 12.8. The third-order valence-electron chi connectivity index (χ3n) is 3.31. The van der Waals surface area contributed by atoms with Crippen molar-refractivity contribution in [2.24, 2.45) is 0 Å². The Morgan fingerprint density at radius 3 is 1.89 bits per heavy atom. The van der Waals surface area contributed by atoms with Crippen LogP contribution in [-0.2, 0) is 0 Å². The van der Waals surface area contributed by atoms with Crippen molar-refractivity contribution in [3.63, 3.8) is 0 Å². The lowest BCUT2D eigenvalue weighted by molar-refractivity contribution is 0.573. The molecular formula is C17H28P. The van der Waals surface area contributed by atoms with Crippen LogP contribution < -0.4 is 5.30 Å². The van der Waals surface area contributed by atoms with Gasteiger partial charge in [0.25, 0.3) is 0 Å². The minimum absolute atomic E-state index is 1.33. The maximum atomic E-state index is 2.28. The molecule has 0 aliphatic heterocycles. The smallest absolute Gasteiger partial charge is 0.0193 e. The van der Waals surface area contributed by atoms with Crippen LogP contribution >= 0.6 is 8.58 Å². The predicted octanol–water partition coefficient (Wildman–Crippen LogP) is 5.79. The van der Waals surface area contributed by atoms with E-state index < -0.39 is 0 Å². The largest absolute Gasteiger partial charge is 0.0654 e. The summed E-state index contributed by atoms with van der Waals surface area (Å²) in [7, 11) is 1.51. The van der Waals surface area contributed by atoms with Gasteiger partial charge in [-0.2, -0.15) is 0 Å². The van der Waals surface area contributed by atoms with E-state index in [1.165, 1.54) is 77.8 Å². The van der Waals surface area contributed by atoms with Gasteiger partial charge in [-0.1, -0.05) is 88.6 Å². The molecule has 0 amide bonds. The molecule has 0 aliphatic carbocycles. The molecule has 1 heteroatoms. The molecule has 0 unspecified atom stereocenters. The SMILES string of the molecule is CCCCCCCCCCC[P]c1ccccc1. The van der Waals surface area contributed by atoms with E-state index in [9.17, 15) is 0 Å². The molecule has 101 valence electrons. The number of unbranched alkanes of at least 4 members (excludes halogenated alkanes) is 8. The standard InChI is InChI=1S/C17H28P/c1-2-3-4-5-6-7-8-9-13-16-18-17-14-11-10-12-15-17/h10-12,14-15H,2-9,13,16H2,1H3. The summed E-state index contributed by atoms with van der Waals surface area (Å²) in [5.74, 6) is 0. The minimum atomic E-state index is 1.33. The molecule has 0 spiro atoms. The molecule has 0 aliphatic rings. The highest BCUT2D eigenvalue weighted by atomic mass is 31.1. The van der Waals surface area contributed by atoms with E-state index in [-0.39, 0.29) is 0 Å². The van der Waals surface area contributed by atoms with Gasteiger partial charge in [-0.25, -0.2) is 0 Å². The van der Waals surface area contributed by atoms with Gasteiger partial charge < -0.3 is 0 Å². The Morgan fingerprint density at radius 1 is 0.722 bits per heavy atom. The zero-order chi connectivity index (χ0) is 12.9. The first-order valence-electron chi connectivity index (χ1n) is 7.66. The summed E-state index contributed by atoms with van der Waals surface area (Å²) in [5, 5.41) is 1.47. The van der Waals surface area contributed by atoms with Crippen LogP contribution in [0.4, 0.5) is 0 Å². The van der Waals surface area contributed by atoms with Crippen LogP contribution in [0.1, 0.15) is 64.7 Å². The fraction of sp³-hybridized carbons (Fsp3) is 0.647. The van der Waals surface area contributed by atoms with Crippen LogP contribution in [0, 0.1) is 0 Å². The van der Waals surface area contributed by atoms with Crippen molar-refractivity contribution in [2.75, 3.05) is 6.16 Å². The van der Waals surface area contributed by atoms with E-state index in [0.717, 1.165) is 0 Å². The molecule has 1 rings (SSSR count). The molecule has 0 aromatic heterocycles. The maximum absolute atomic E-state index is 2.28. The Kier molecular flexibility index (Phi) is 10.2. The van der Waals surface area contributed by atoms with Crippen molar-refractivity contribution in [3.05, 3.63) is 30.3 Å². The molecule has 0 nitrogen and oxygen atoms in total. The van der Waals surface area contributed by atoms with Crippen LogP contribution in [0.15, 0.2) is 30.3 Å². The lowest BCUT2D eigenvalue weighted by Crippen LogP contribution is -1.93. The Hall–Kier alpha value is -0.350. The summed E-state index contributed by atoms with van der Waals surface area (Å²) in [6.07, 6.45) is 14.2. The van der Waals surface area contributed by atoms with E-state index in [1.54, 1.807) is 0 Å². The quantitative estimate of drug-likeness (QED) is 0.350. The van der Waals surface area contributed by atoms with Gasteiger partial charge in [0.2, 0.25) is 0 Å². The van der Waals surface area contributed by atoms with Crippen molar-refractivity contribution in [2.45, 2.75) is 64.7 Å². The molecule has 0 saturated carbocycles. The van der Waals surface area contributed by atoms with Crippen molar-refractivity contribution < 1.29 is 0 Å². The third kappa shape index (κ3) is 8.70. The molecule has 18 heavy (non-hydrogen) atoms. The topological polar surface area (TPSA) is 0 Å². The van der Waals surface area contributed by atoms with Crippen LogP contribution in [0.2, 0.25) is 0 Å². The number of benzene rings is 1. The van der Waals surface area contributed by atoms with Gasteiger partial charge in [0, 0.05) is 0 Å². The average molecular weight is 263 g/mol. The van der Waals surface area contributed by atoms with Crippen molar-refractivity contribution in [1.29, 1.82) is 0 Å². The molecule has 0 saturated heterocycles. The van der Waals surface area contributed by atoms with Crippen LogP contribution in [0.5, 0.6) is 0 Å². The Labute approximate surface area is 115 Å². The van der Waals surface area contributed by atoms with Gasteiger partial charge in [0.1, 0.15) is 0 Å². The van der Waals surface area contributed by atoms with Gasteiger partial charge >= 0.3 is 0 Å². The monoisotopic (exact) mass is 263 g/mol. The predicted molar refractivity (Wildman–Crippen MR) is 85.1 cm³/mol. The minimum Gasteiger partial charge on any atom is -0.0654 e. The summed E-state index contributed by atoms with van der Waals surface area (Å²) < 4.78 is 0. The first-order valence-corrected chi connectivity index (χ1v) is 8.74. The van der Waals surface area contributed by atoms with E-state index >= 15 is 0 Å². The van der Waals surface area contributed by atoms with E-state index in [0.29, 0.717) is 0 Å². The zero-order valence-electron chi connectivity index (χ0n) is 11.9. The average Bonchev–Trinajstić information content (AvgIpc) is 2.42. The summed E-state index contributed by atoms with van der Waals surface area (Å²) in [6.45, 7) is 2.28. The molecular weight excluding hydrogens is 235 g/mol. The fourth-order valence-corrected chi connectivity index (χ4v) is 3.19. The first kappa shape index (κ1) is 15.7. The summed E-state index contributed by atoms with van der Waals surface area (Å²) >= 11 is 0.